The van der Waals surface area contributed by atoms with E-state index < -0.39 is 0 Å². The molecule has 0 radical (unpaired) electrons. The first-order valence-electron chi connectivity index (χ1n) is 8.25. The smallest absolute Gasteiger partial charge is 0.129 e. The van der Waals surface area contributed by atoms with Gasteiger partial charge < -0.3 is 16.5 Å². The number of pyridine rings is 2. The third-order valence-corrected chi connectivity index (χ3v) is 3.86. The lowest BCUT2D eigenvalue weighted by Crippen LogP contribution is -2.12. The van der Waals surface area contributed by atoms with E-state index in [1.807, 2.05) is 26.0 Å². The van der Waals surface area contributed by atoms with Crippen LogP contribution in [0.2, 0.25) is 0 Å². The average molecular weight is 336 g/mol. The third-order valence-electron chi connectivity index (χ3n) is 3.86. The topological polar surface area (TPSA) is 112 Å². The third kappa shape index (κ3) is 4.09. The molecular formula is C19H24N6. The number of aromatic nitrogens is 2. The minimum atomic E-state index is 0.237. The maximum atomic E-state index is 8.53. The highest BCUT2D eigenvalue weighted by Crippen LogP contribution is 2.21. The summed E-state index contributed by atoms with van der Waals surface area (Å²) in [6.07, 6.45) is 5.56. The van der Waals surface area contributed by atoms with Crippen LogP contribution in [-0.2, 0) is 0 Å². The fourth-order valence-corrected chi connectivity index (χ4v) is 2.37. The van der Waals surface area contributed by atoms with Crippen molar-refractivity contribution in [2.24, 2.45) is 0 Å². The summed E-state index contributed by atoms with van der Waals surface area (Å²) in [5.74, 6) is 0.783. The zero-order valence-corrected chi connectivity index (χ0v) is 14.9. The van der Waals surface area contributed by atoms with Crippen LogP contribution in [0, 0.1) is 17.7 Å². The van der Waals surface area contributed by atoms with Crippen molar-refractivity contribution < 1.29 is 0 Å². The van der Waals surface area contributed by atoms with Crippen molar-refractivity contribution in [1.82, 2.24) is 9.97 Å². The van der Waals surface area contributed by atoms with Crippen molar-refractivity contribution in [3.05, 3.63) is 53.0 Å². The zero-order valence-electron chi connectivity index (χ0n) is 14.9. The molecule has 0 aliphatic rings. The molecule has 130 valence electrons. The first-order valence-corrected chi connectivity index (χ1v) is 8.25. The number of nitrogens with two attached hydrogens (primary N) is 1. The number of rotatable bonds is 7. The predicted molar refractivity (Wildman–Crippen MR) is 105 cm³/mol. The van der Waals surface area contributed by atoms with Gasteiger partial charge in [0.1, 0.15) is 5.82 Å². The van der Waals surface area contributed by atoms with Gasteiger partial charge in [-0.3, -0.25) is 10.4 Å². The fraction of sp³-hybridized carbons (Fsp3) is 0.263. The van der Waals surface area contributed by atoms with E-state index in [4.69, 9.17) is 16.6 Å². The summed E-state index contributed by atoms with van der Waals surface area (Å²) < 4.78 is 0. The lowest BCUT2D eigenvalue weighted by molar-refractivity contribution is 0.964. The Labute approximate surface area is 148 Å². The second-order valence-corrected chi connectivity index (χ2v) is 5.71. The number of nitrogens with zero attached hydrogens (tertiary/aromatic N) is 2. The molecule has 6 nitrogen and oxygen atoms in total. The molecule has 0 aliphatic carbocycles. The van der Waals surface area contributed by atoms with Crippen molar-refractivity contribution in [1.29, 1.82) is 10.8 Å². The second-order valence-electron chi connectivity index (χ2n) is 5.71. The van der Waals surface area contributed by atoms with Crippen LogP contribution < -0.4 is 11.1 Å². The molecule has 2 aromatic rings. The lowest BCUT2D eigenvalue weighted by Gasteiger charge is -2.12. The van der Waals surface area contributed by atoms with Crippen LogP contribution in [0.4, 0.5) is 11.5 Å². The summed E-state index contributed by atoms with van der Waals surface area (Å²) in [6.45, 7) is 6.75. The maximum Gasteiger partial charge on any atom is 0.129 e. The van der Waals surface area contributed by atoms with Crippen molar-refractivity contribution >= 4 is 29.0 Å². The maximum absolute atomic E-state index is 8.53. The van der Waals surface area contributed by atoms with Gasteiger partial charge in [0.15, 0.2) is 0 Å². The molecule has 2 aromatic heterocycles. The minimum absolute atomic E-state index is 0.237. The molecular weight excluding hydrogens is 312 g/mol. The van der Waals surface area contributed by atoms with E-state index >= 15 is 0 Å². The molecule has 6 heteroatoms. The Bertz CT molecular complexity index is 823. The Kier molecular flexibility index (Phi) is 6.00. The summed E-state index contributed by atoms with van der Waals surface area (Å²) in [4.78, 5) is 8.83. The molecule has 2 heterocycles. The van der Waals surface area contributed by atoms with E-state index in [0.29, 0.717) is 28.2 Å². The second kappa shape index (κ2) is 8.19. The van der Waals surface area contributed by atoms with Crippen LogP contribution in [0.25, 0.3) is 5.57 Å². The number of nitrogen functional groups attached to an aromatic ring is 1. The van der Waals surface area contributed by atoms with Crippen LogP contribution in [0.1, 0.15) is 42.8 Å². The van der Waals surface area contributed by atoms with Gasteiger partial charge in [-0.05, 0) is 38.0 Å². The molecule has 5 N–H and O–H groups in total. The van der Waals surface area contributed by atoms with Crippen LogP contribution >= 0.6 is 0 Å². The van der Waals surface area contributed by atoms with Crippen molar-refractivity contribution in [2.45, 2.75) is 27.2 Å². The minimum Gasteiger partial charge on any atom is -0.397 e. The van der Waals surface area contributed by atoms with Crippen LogP contribution in [0.15, 0.2) is 30.5 Å². The first kappa shape index (κ1) is 18.3. The lowest BCUT2D eigenvalue weighted by atomic mass is 10.0. The van der Waals surface area contributed by atoms with Gasteiger partial charge in [-0.1, -0.05) is 19.1 Å². The number of aryl methyl sites for hydroxylation is 1. The number of hydrogen-bond acceptors (Lipinski definition) is 6. The van der Waals surface area contributed by atoms with Gasteiger partial charge in [0, 0.05) is 23.9 Å². The first-order chi connectivity index (χ1) is 12.0. The van der Waals surface area contributed by atoms with Crippen molar-refractivity contribution in [2.75, 3.05) is 17.6 Å². The summed E-state index contributed by atoms with van der Waals surface area (Å²) in [5, 5.41) is 19.3. The molecule has 0 saturated heterocycles. The molecule has 0 amide bonds. The van der Waals surface area contributed by atoms with Gasteiger partial charge in [-0.25, -0.2) is 4.98 Å². The van der Waals surface area contributed by atoms with Crippen LogP contribution in [0.5, 0.6) is 0 Å². The van der Waals surface area contributed by atoms with Crippen LogP contribution in [0.3, 0.4) is 0 Å². The molecule has 2 rings (SSSR count). The standard InChI is InChI=1S/C19H24N6/c1-4-8-23-19-12(3)6-7-16(25-19)18(22)14-9-17(13(5-2)10-20)24-11-15(14)21/h5-7,9-11,20,22H,4,8,21H2,1-3H3,(H,23,25). The number of hydrogen-bond donors (Lipinski definition) is 4. The normalized spacial score (nSPS) is 11.2. The number of anilines is 2. The molecule has 0 aromatic carbocycles. The summed E-state index contributed by atoms with van der Waals surface area (Å²) in [5.41, 5.74) is 10.1. The van der Waals surface area contributed by atoms with Crippen LogP contribution in [-0.4, -0.2) is 28.4 Å². The van der Waals surface area contributed by atoms with Gasteiger partial charge in [-0.15, -0.1) is 0 Å². The summed E-state index contributed by atoms with van der Waals surface area (Å²) in [6, 6.07) is 5.50. The Morgan fingerprint density at radius 2 is 2.08 bits per heavy atom. The quantitative estimate of drug-likeness (QED) is 0.578. The van der Waals surface area contributed by atoms with E-state index in [2.05, 4.69) is 22.2 Å². The highest BCUT2D eigenvalue weighted by molar-refractivity contribution is 6.14. The molecule has 0 saturated carbocycles. The largest absolute Gasteiger partial charge is 0.397 e. The summed E-state index contributed by atoms with van der Waals surface area (Å²) in [7, 11) is 0. The van der Waals surface area contributed by atoms with Gasteiger partial charge in [-0.2, -0.15) is 0 Å². The molecule has 0 spiro atoms. The van der Waals surface area contributed by atoms with E-state index in [9.17, 15) is 0 Å². The Morgan fingerprint density at radius 1 is 1.32 bits per heavy atom. The fourth-order valence-electron chi connectivity index (χ4n) is 2.37. The molecule has 0 fully saturated rings. The number of nitrogens with one attached hydrogen (secondary N) is 3. The number of allylic oxidation sites excluding steroid dienone is 2. The molecule has 25 heavy (non-hydrogen) atoms. The van der Waals surface area contributed by atoms with Crippen molar-refractivity contribution in [3.63, 3.8) is 0 Å². The predicted octanol–water partition coefficient (Wildman–Crippen LogP) is 3.66. The molecule has 0 atom stereocenters. The Balaban J connectivity index is 2.43. The van der Waals surface area contributed by atoms with E-state index in [-0.39, 0.29) is 5.71 Å². The highest BCUT2D eigenvalue weighted by atomic mass is 15.0. The monoisotopic (exact) mass is 336 g/mol. The Hall–Kier alpha value is -3.02. The van der Waals surface area contributed by atoms with Crippen molar-refractivity contribution in [3.8, 4) is 0 Å². The zero-order chi connectivity index (χ0) is 18.4. The Morgan fingerprint density at radius 3 is 2.72 bits per heavy atom. The van der Waals surface area contributed by atoms with Gasteiger partial charge in [0.05, 0.1) is 29.0 Å². The summed E-state index contributed by atoms with van der Waals surface area (Å²) >= 11 is 0. The molecule has 0 unspecified atom stereocenters. The SMILES string of the molecule is CC=C(C=N)c1cc(C(=N)c2ccc(C)c(NCCC)n2)c(N)cn1. The average Bonchev–Trinajstić information content (AvgIpc) is 2.62. The molecule has 0 aliphatic heterocycles. The van der Waals surface area contributed by atoms with E-state index in [0.717, 1.165) is 24.3 Å². The van der Waals surface area contributed by atoms with E-state index in [1.54, 1.807) is 12.1 Å². The van der Waals surface area contributed by atoms with Gasteiger partial charge in [0.25, 0.3) is 0 Å². The molecule has 0 bridgehead atoms. The highest BCUT2D eigenvalue weighted by Gasteiger charge is 2.14. The van der Waals surface area contributed by atoms with Gasteiger partial charge in [0.2, 0.25) is 0 Å². The van der Waals surface area contributed by atoms with E-state index in [1.165, 1.54) is 12.4 Å². The van der Waals surface area contributed by atoms with Gasteiger partial charge >= 0.3 is 0 Å².